The van der Waals surface area contributed by atoms with Crippen LogP contribution in [0.3, 0.4) is 0 Å². The number of pyridine rings is 2. The van der Waals surface area contributed by atoms with Crippen molar-refractivity contribution in [1.82, 2.24) is 23.5 Å². The summed E-state index contributed by atoms with van der Waals surface area (Å²) in [6.45, 7) is 0.461. The lowest BCUT2D eigenvalue weighted by atomic mass is 10.4. The number of fused-ring (bicyclic) bond motifs is 2. The second kappa shape index (κ2) is 4.55. The zero-order valence-corrected chi connectivity index (χ0v) is 12.5. The fourth-order valence-corrected chi connectivity index (χ4v) is 3.19. The van der Waals surface area contributed by atoms with Crippen molar-refractivity contribution in [1.29, 1.82) is 0 Å². The molecule has 6 nitrogen and oxygen atoms in total. The molecule has 0 atom stereocenters. The molecule has 4 aromatic heterocycles. The third-order valence-corrected chi connectivity index (χ3v) is 4.41. The molecule has 1 aliphatic carbocycles. The Morgan fingerprint density at radius 2 is 2.09 bits per heavy atom. The molecule has 0 aliphatic heterocycles. The molecule has 4 heterocycles. The summed E-state index contributed by atoms with van der Waals surface area (Å²) in [5, 5.41) is 0. The van der Waals surface area contributed by atoms with Crippen LogP contribution in [-0.4, -0.2) is 23.5 Å². The van der Waals surface area contributed by atoms with Gasteiger partial charge in [-0.15, -0.1) is 0 Å². The normalized spacial score (nSPS) is 14.8. The van der Waals surface area contributed by atoms with Crippen LogP contribution in [0.15, 0.2) is 53.8 Å². The molecule has 0 unspecified atom stereocenters. The van der Waals surface area contributed by atoms with Crippen LogP contribution >= 0.6 is 0 Å². The maximum absolute atomic E-state index is 12.9. The molecular formula is C17H15N5O. The molecule has 114 valence electrons. The first-order chi connectivity index (χ1) is 11.3. The first kappa shape index (κ1) is 12.6. The molecule has 0 spiro atoms. The second-order valence-corrected chi connectivity index (χ2v) is 6.03. The molecule has 4 aromatic rings. The number of imidazole rings is 2. The Bertz CT molecular complexity index is 1050. The maximum Gasteiger partial charge on any atom is 0.329 e. The topological polar surface area (TPSA) is 57.1 Å². The van der Waals surface area contributed by atoms with Gasteiger partial charge in [-0.3, -0.25) is 14.1 Å². The van der Waals surface area contributed by atoms with Crippen molar-refractivity contribution in [3.8, 4) is 0 Å². The van der Waals surface area contributed by atoms with Crippen LogP contribution in [0.4, 0.5) is 0 Å². The lowest BCUT2D eigenvalue weighted by Gasteiger charge is -1.99. The quantitative estimate of drug-likeness (QED) is 0.583. The molecule has 0 amide bonds. The Morgan fingerprint density at radius 1 is 1.17 bits per heavy atom. The molecule has 23 heavy (non-hydrogen) atoms. The molecule has 0 N–H and O–H groups in total. The largest absolute Gasteiger partial charge is 0.329 e. The molecule has 0 radical (unpaired) electrons. The van der Waals surface area contributed by atoms with Gasteiger partial charge in [0.05, 0.1) is 29.5 Å². The van der Waals surface area contributed by atoms with E-state index in [1.807, 2.05) is 45.6 Å². The summed E-state index contributed by atoms with van der Waals surface area (Å²) < 4.78 is 5.66. The highest BCUT2D eigenvalue weighted by Gasteiger charge is 2.29. The minimum atomic E-state index is 0.0348. The summed E-state index contributed by atoms with van der Waals surface area (Å²) in [5.74, 6) is 0. The number of nitrogens with zero attached hydrogens (tertiary/aromatic N) is 5. The Hall–Kier alpha value is -2.89. The highest BCUT2D eigenvalue weighted by molar-refractivity contribution is 5.75. The van der Waals surface area contributed by atoms with Gasteiger partial charge in [0, 0.05) is 24.6 Å². The second-order valence-electron chi connectivity index (χ2n) is 6.03. The van der Waals surface area contributed by atoms with E-state index < -0.39 is 0 Å². The van der Waals surface area contributed by atoms with Gasteiger partial charge in [-0.25, -0.2) is 9.78 Å². The first-order valence-corrected chi connectivity index (χ1v) is 7.78. The van der Waals surface area contributed by atoms with Crippen molar-refractivity contribution in [3.63, 3.8) is 0 Å². The number of hydrogen-bond acceptors (Lipinski definition) is 3. The van der Waals surface area contributed by atoms with Crippen LogP contribution in [-0.2, 0) is 6.54 Å². The minimum Gasteiger partial charge on any atom is -0.307 e. The van der Waals surface area contributed by atoms with E-state index in [2.05, 4.69) is 9.97 Å². The van der Waals surface area contributed by atoms with E-state index in [4.69, 9.17) is 0 Å². The SMILES string of the molecule is O=c1n(Cc2cn3ccccc3n2)c2cnccc2n1C1CC1. The van der Waals surface area contributed by atoms with Gasteiger partial charge in [0.15, 0.2) is 0 Å². The van der Waals surface area contributed by atoms with E-state index in [1.165, 1.54) is 0 Å². The molecule has 0 aromatic carbocycles. The summed E-state index contributed by atoms with van der Waals surface area (Å²) in [6, 6.07) is 8.15. The summed E-state index contributed by atoms with van der Waals surface area (Å²) in [4.78, 5) is 21.6. The average Bonchev–Trinajstić information content (AvgIpc) is 3.25. The summed E-state index contributed by atoms with van der Waals surface area (Å²) >= 11 is 0. The van der Waals surface area contributed by atoms with Gasteiger partial charge in [-0.1, -0.05) is 6.07 Å². The molecule has 1 fully saturated rings. The Balaban J connectivity index is 1.68. The van der Waals surface area contributed by atoms with Crippen molar-refractivity contribution in [2.24, 2.45) is 0 Å². The highest BCUT2D eigenvalue weighted by atomic mass is 16.1. The van der Waals surface area contributed by atoms with E-state index in [0.29, 0.717) is 12.6 Å². The van der Waals surface area contributed by atoms with Gasteiger partial charge in [0.1, 0.15) is 5.65 Å². The summed E-state index contributed by atoms with van der Waals surface area (Å²) in [7, 11) is 0. The van der Waals surface area contributed by atoms with Crippen LogP contribution < -0.4 is 5.69 Å². The third kappa shape index (κ3) is 1.91. The van der Waals surface area contributed by atoms with Gasteiger partial charge in [0.2, 0.25) is 0 Å². The highest BCUT2D eigenvalue weighted by Crippen LogP contribution is 2.36. The van der Waals surface area contributed by atoms with E-state index in [1.54, 1.807) is 17.0 Å². The zero-order valence-electron chi connectivity index (χ0n) is 12.5. The fourth-order valence-electron chi connectivity index (χ4n) is 3.19. The lowest BCUT2D eigenvalue weighted by Crippen LogP contribution is -2.24. The predicted molar refractivity (Wildman–Crippen MR) is 86.6 cm³/mol. The smallest absolute Gasteiger partial charge is 0.307 e. The molecule has 0 saturated heterocycles. The van der Waals surface area contributed by atoms with E-state index in [9.17, 15) is 4.79 Å². The van der Waals surface area contributed by atoms with Gasteiger partial charge in [0.25, 0.3) is 0 Å². The van der Waals surface area contributed by atoms with Crippen LogP contribution in [0.1, 0.15) is 24.6 Å². The summed E-state index contributed by atoms with van der Waals surface area (Å²) in [6.07, 6.45) is 9.61. The van der Waals surface area contributed by atoms with Gasteiger partial charge >= 0.3 is 5.69 Å². The standard InChI is InChI=1S/C17H15N5O/c23-17-21(11-12-10-20-8-2-1-3-16(20)19-12)15-9-18-7-6-14(15)22(17)13-4-5-13/h1-3,6-10,13H,4-5,11H2. The molecular weight excluding hydrogens is 290 g/mol. The molecule has 0 bridgehead atoms. The lowest BCUT2D eigenvalue weighted by molar-refractivity contribution is 0.667. The molecule has 1 aliphatic rings. The van der Waals surface area contributed by atoms with Gasteiger partial charge in [-0.05, 0) is 31.0 Å². The Kier molecular flexibility index (Phi) is 2.50. The van der Waals surface area contributed by atoms with Crippen LogP contribution in [0.25, 0.3) is 16.7 Å². The van der Waals surface area contributed by atoms with Gasteiger partial charge in [-0.2, -0.15) is 0 Å². The Morgan fingerprint density at radius 3 is 2.91 bits per heavy atom. The monoisotopic (exact) mass is 305 g/mol. The van der Waals surface area contributed by atoms with E-state index in [0.717, 1.165) is 35.2 Å². The zero-order chi connectivity index (χ0) is 15.4. The minimum absolute atomic E-state index is 0.0348. The van der Waals surface area contributed by atoms with E-state index >= 15 is 0 Å². The van der Waals surface area contributed by atoms with Crippen molar-refractivity contribution < 1.29 is 0 Å². The molecule has 5 rings (SSSR count). The molecule has 6 heteroatoms. The number of hydrogen-bond donors (Lipinski definition) is 0. The number of aromatic nitrogens is 5. The van der Waals surface area contributed by atoms with Crippen LogP contribution in [0.5, 0.6) is 0 Å². The fraction of sp³-hybridized carbons (Fsp3) is 0.235. The van der Waals surface area contributed by atoms with E-state index in [-0.39, 0.29) is 5.69 Å². The van der Waals surface area contributed by atoms with Crippen LogP contribution in [0.2, 0.25) is 0 Å². The van der Waals surface area contributed by atoms with Crippen molar-refractivity contribution in [2.75, 3.05) is 0 Å². The van der Waals surface area contributed by atoms with Crippen molar-refractivity contribution in [3.05, 3.63) is 65.2 Å². The van der Waals surface area contributed by atoms with Crippen molar-refractivity contribution in [2.45, 2.75) is 25.4 Å². The summed E-state index contributed by atoms with van der Waals surface area (Å²) in [5.41, 5.74) is 3.64. The predicted octanol–water partition coefficient (Wildman–Crippen LogP) is 2.23. The van der Waals surface area contributed by atoms with Gasteiger partial charge < -0.3 is 4.40 Å². The maximum atomic E-state index is 12.9. The first-order valence-electron chi connectivity index (χ1n) is 7.78. The molecule has 1 saturated carbocycles. The number of rotatable bonds is 3. The van der Waals surface area contributed by atoms with Crippen LogP contribution in [0, 0.1) is 0 Å². The van der Waals surface area contributed by atoms with Crippen molar-refractivity contribution >= 4 is 16.7 Å². The average molecular weight is 305 g/mol. The Labute approximate surface area is 131 Å². The third-order valence-electron chi connectivity index (χ3n) is 4.41.